The van der Waals surface area contributed by atoms with Gasteiger partial charge in [-0.25, -0.2) is 15.2 Å². The highest BCUT2D eigenvalue weighted by molar-refractivity contribution is 6.06. The molecule has 1 N–H and O–H groups in total. The van der Waals surface area contributed by atoms with Gasteiger partial charge in [0.1, 0.15) is 17.2 Å². The fraction of sp³-hybridized carbons (Fsp3) is 0.267. The molecule has 0 unspecified atom stereocenters. The number of aryl methyl sites for hydroxylation is 2. The summed E-state index contributed by atoms with van der Waals surface area (Å²) in [5.41, 5.74) is 7.73. The van der Waals surface area contributed by atoms with Crippen LogP contribution < -0.4 is 10.2 Å². The summed E-state index contributed by atoms with van der Waals surface area (Å²) in [6.07, 6.45) is 2.14. The lowest BCUT2D eigenvalue weighted by Crippen LogP contribution is -2.23. The van der Waals surface area contributed by atoms with Gasteiger partial charge in [0.05, 0.1) is 11.2 Å². The van der Waals surface area contributed by atoms with Crippen LogP contribution in [0.3, 0.4) is 0 Å². The van der Waals surface area contributed by atoms with Gasteiger partial charge < -0.3 is 9.15 Å². The highest BCUT2D eigenvalue weighted by Crippen LogP contribution is 2.32. The lowest BCUT2D eigenvalue weighted by Gasteiger charge is -2.13. The van der Waals surface area contributed by atoms with Crippen LogP contribution in [0.1, 0.15) is 81.7 Å². The fourth-order valence-corrected chi connectivity index (χ4v) is 4.70. The summed E-state index contributed by atoms with van der Waals surface area (Å²) in [7, 11) is 0. The number of rotatable bonds is 5. The quantitative estimate of drug-likeness (QED) is 0.200. The van der Waals surface area contributed by atoms with Crippen LogP contribution in [-0.2, 0) is 6.42 Å². The molecule has 2 heterocycles. The number of aromatic nitrogens is 1. The van der Waals surface area contributed by atoms with Crippen LogP contribution in [-0.4, -0.2) is 22.6 Å². The molecule has 0 radical (unpaired) electrons. The van der Waals surface area contributed by atoms with Crippen LogP contribution in [0.2, 0.25) is 0 Å². The number of nitrogens with zero attached hydrogens (tertiary/aromatic N) is 2. The van der Waals surface area contributed by atoms with Gasteiger partial charge in [0.25, 0.3) is 5.91 Å². The molecule has 0 fully saturated rings. The summed E-state index contributed by atoms with van der Waals surface area (Å²) in [4.78, 5) is 30.4. The van der Waals surface area contributed by atoms with E-state index in [9.17, 15) is 9.59 Å². The van der Waals surface area contributed by atoms with E-state index >= 15 is 0 Å². The number of carbonyl (C=O) groups excluding carboxylic acids is 2. The van der Waals surface area contributed by atoms with Crippen molar-refractivity contribution in [3.8, 4) is 5.75 Å². The van der Waals surface area contributed by atoms with Gasteiger partial charge in [0.15, 0.2) is 0 Å². The normalized spacial score (nSPS) is 14.1. The van der Waals surface area contributed by atoms with E-state index in [0.717, 1.165) is 34.0 Å². The second-order valence-electron chi connectivity index (χ2n) is 9.68. The first-order valence-electron chi connectivity index (χ1n) is 12.5. The minimum absolute atomic E-state index is 0.165. The molecule has 1 aliphatic rings. The number of amides is 1. The smallest absolute Gasteiger partial charge is 0.379 e. The molecule has 0 bridgehead atoms. The van der Waals surface area contributed by atoms with Crippen LogP contribution in [0.4, 0.5) is 0 Å². The van der Waals surface area contributed by atoms with Gasteiger partial charge in [-0.1, -0.05) is 50.2 Å². The lowest BCUT2D eigenvalue weighted by molar-refractivity contribution is 0.0696. The van der Waals surface area contributed by atoms with Crippen molar-refractivity contribution in [2.45, 2.75) is 52.9 Å². The maximum atomic E-state index is 13.2. The Morgan fingerprint density at radius 2 is 1.86 bits per heavy atom. The third-order valence-corrected chi connectivity index (χ3v) is 6.63. The lowest BCUT2D eigenvalue weighted by atomic mass is 9.93. The van der Waals surface area contributed by atoms with Crippen molar-refractivity contribution in [1.82, 2.24) is 10.4 Å². The summed E-state index contributed by atoms with van der Waals surface area (Å²) >= 11 is 0. The molecule has 0 saturated heterocycles. The number of hydrogen-bond acceptors (Lipinski definition) is 6. The molecule has 37 heavy (non-hydrogen) atoms. The van der Waals surface area contributed by atoms with E-state index < -0.39 is 11.9 Å². The molecule has 1 aliphatic carbocycles. The van der Waals surface area contributed by atoms with Gasteiger partial charge in [-0.15, -0.1) is 0 Å². The molecule has 0 saturated carbocycles. The predicted octanol–water partition coefficient (Wildman–Crippen LogP) is 6.26. The van der Waals surface area contributed by atoms with Crippen molar-refractivity contribution in [2.24, 2.45) is 5.10 Å². The first kappa shape index (κ1) is 24.4. The van der Waals surface area contributed by atoms with Crippen molar-refractivity contribution in [1.29, 1.82) is 0 Å². The zero-order valence-corrected chi connectivity index (χ0v) is 21.4. The van der Waals surface area contributed by atoms with Gasteiger partial charge in [-0.2, -0.15) is 5.10 Å². The van der Waals surface area contributed by atoms with Gasteiger partial charge >= 0.3 is 5.97 Å². The zero-order valence-electron chi connectivity index (χ0n) is 21.4. The number of ether oxygens (including phenoxy) is 1. The Kier molecular flexibility index (Phi) is 6.61. The highest BCUT2D eigenvalue weighted by Gasteiger charge is 2.29. The van der Waals surface area contributed by atoms with Gasteiger partial charge in [-0.3, -0.25) is 4.79 Å². The van der Waals surface area contributed by atoms with Crippen LogP contribution >= 0.6 is 0 Å². The zero-order chi connectivity index (χ0) is 26.1. The maximum absolute atomic E-state index is 13.2. The Bertz CT molecular complexity index is 1550. The second-order valence-corrected chi connectivity index (χ2v) is 9.68. The van der Waals surface area contributed by atoms with Crippen molar-refractivity contribution in [3.63, 3.8) is 0 Å². The molecular weight excluding hydrogens is 466 g/mol. The Hall–Kier alpha value is -4.26. The number of hydrogen-bond donors (Lipinski definition) is 1. The summed E-state index contributed by atoms with van der Waals surface area (Å²) < 4.78 is 11.8. The number of carbonyl (C=O) groups is 2. The number of furan rings is 1. The number of pyridine rings is 1. The van der Waals surface area contributed by atoms with Crippen LogP contribution in [0.15, 0.2) is 64.1 Å². The SMILES string of the molecule is Cc1ccc(C(C)C)c(OC(=O)c2oc3c(c2C)/C(=N/NC(=O)c2ccc4ccccc4n2)CCC3)c1. The largest absolute Gasteiger partial charge is 0.453 e. The number of para-hydroxylation sites is 1. The molecule has 0 aliphatic heterocycles. The Labute approximate surface area is 215 Å². The summed E-state index contributed by atoms with van der Waals surface area (Å²) in [6, 6.07) is 17.0. The fourth-order valence-electron chi connectivity index (χ4n) is 4.70. The maximum Gasteiger partial charge on any atom is 0.379 e. The van der Waals surface area contributed by atoms with Crippen molar-refractivity contribution < 1.29 is 18.7 Å². The summed E-state index contributed by atoms with van der Waals surface area (Å²) in [5.74, 6) is 0.653. The molecule has 0 atom stereocenters. The average Bonchev–Trinajstić information content (AvgIpc) is 3.24. The van der Waals surface area contributed by atoms with E-state index in [2.05, 4.69) is 29.4 Å². The van der Waals surface area contributed by atoms with Crippen LogP contribution in [0.25, 0.3) is 10.9 Å². The van der Waals surface area contributed by atoms with Gasteiger partial charge in [-0.05, 0) is 61.9 Å². The second kappa shape index (κ2) is 10.0. The van der Waals surface area contributed by atoms with E-state index in [1.54, 1.807) is 6.07 Å². The Morgan fingerprint density at radius 3 is 2.68 bits per heavy atom. The molecule has 7 heteroatoms. The van der Waals surface area contributed by atoms with Crippen molar-refractivity contribution in [2.75, 3.05) is 0 Å². The molecule has 5 rings (SSSR count). The summed E-state index contributed by atoms with van der Waals surface area (Å²) in [5, 5.41) is 5.37. The topological polar surface area (TPSA) is 93.8 Å². The molecule has 7 nitrogen and oxygen atoms in total. The first-order valence-corrected chi connectivity index (χ1v) is 12.5. The standard InChI is InChI=1S/C30H29N3O4/c1-17(2)21-14-12-18(3)16-26(21)37-30(35)28-19(4)27-23(10-7-11-25(27)36-28)32-33-29(34)24-15-13-20-8-5-6-9-22(20)31-24/h5-6,8-9,12-17H,7,10-11H2,1-4H3,(H,33,34)/b32-23+. The molecular formula is C30H29N3O4. The van der Waals surface area contributed by atoms with E-state index in [-0.39, 0.29) is 17.4 Å². The first-order chi connectivity index (χ1) is 17.8. The average molecular weight is 496 g/mol. The molecule has 1 amide bonds. The molecule has 4 aromatic rings. The monoisotopic (exact) mass is 495 g/mol. The van der Waals surface area contributed by atoms with E-state index in [1.807, 2.05) is 62.4 Å². The Balaban J connectivity index is 1.39. The van der Waals surface area contributed by atoms with Gasteiger partial charge in [0.2, 0.25) is 5.76 Å². The third-order valence-electron chi connectivity index (χ3n) is 6.63. The van der Waals surface area contributed by atoms with E-state index in [1.165, 1.54) is 0 Å². The number of esters is 1. The van der Waals surface area contributed by atoms with E-state index in [0.29, 0.717) is 35.6 Å². The third kappa shape index (κ3) is 4.89. The van der Waals surface area contributed by atoms with E-state index in [4.69, 9.17) is 9.15 Å². The molecule has 2 aromatic heterocycles. The molecule has 2 aromatic carbocycles. The van der Waals surface area contributed by atoms with Gasteiger partial charge in [0, 0.05) is 22.9 Å². The number of hydrazone groups is 1. The minimum atomic E-state index is -0.539. The number of benzene rings is 2. The van der Waals surface area contributed by atoms with Crippen molar-refractivity contribution >= 4 is 28.5 Å². The van der Waals surface area contributed by atoms with Crippen LogP contribution in [0, 0.1) is 13.8 Å². The predicted molar refractivity (Wildman–Crippen MR) is 142 cm³/mol. The summed E-state index contributed by atoms with van der Waals surface area (Å²) in [6.45, 7) is 7.90. The highest BCUT2D eigenvalue weighted by atomic mass is 16.5. The van der Waals surface area contributed by atoms with Crippen LogP contribution in [0.5, 0.6) is 5.75 Å². The number of fused-ring (bicyclic) bond motifs is 2. The van der Waals surface area contributed by atoms with Crippen molar-refractivity contribution in [3.05, 3.63) is 94.1 Å². The Morgan fingerprint density at radius 1 is 1.05 bits per heavy atom. The molecule has 0 spiro atoms. The molecule has 188 valence electrons. The minimum Gasteiger partial charge on any atom is -0.453 e. The number of nitrogens with one attached hydrogen (secondary N) is 1.